The van der Waals surface area contributed by atoms with Crippen LogP contribution in [-0.4, -0.2) is 6.54 Å². The van der Waals surface area contributed by atoms with Crippen LogP contribution in [0.25, 0.3) is 0 Å². The molecule has 1 unspecified atom stereocenters. The van der Waals surface area contributed by atoms with Crippen molar-refractivity contribution >= 4 is 23.2 Å². The molecule has 0 aliphatic rings. The van der Waals surface area contributed by atoms with E-state index in [1.54, 1.807) is 0 Å². The third kappa shape index (κ3) is 3.82. The molecule has 0 amide bonds. The van der Waals surface area contributed by atoms with Crippen LogP contribution in [0.5, 0.6) is 0 Å². The van der Waals surface area contributed by atoms with Gasteiger partial charge in [0.2, 0.25) is 0 Å². The van der Waals surface area contributed by atoms with E-state index < -0.39 is 0 Å². The molecule has 3 heteroatoms. The minimum Gasteiger partial charge on any atom is -0.310 e. The van der Waals surface area contributed by atoms with Crippen molar-refractivity contribution in [1.29, 1.82) is 0 Å². The van der Waals surface area contributed by atoms with Crippen LogP contribution in [0.15, 0.2) is 30.9 Å². The van der Waals surface area contributed by atoms with E-state index in [2.05, 4.69) is 18.8 Å². The predicted molar refractivity (Wildman–Crippen MR) is 72.3 cm³/mol. The topological polar surface area (TPSA) is 12.0 Å². The van der Waals surface area contributed by atoms with E-state index in [0.29, 0.717) is 16.1 Å². The average Bonchev–Trinajstić information content (AvgIpc) is 2.28. The third-order valence-corrected chi connectivity index (χ3v) is 3.20. The molecule has 0 bridgehead atoms. The van der Waals surface area contributed by atoms with E-state index in [1.165, 1.54) is 5.56 Å². The lowest BCUT2D eigenvalue weighted by atomic mass is 10.0. The Bertz CT molecular complexity index is 350. The Morgan fingerprint density at radius 2 is 2.12 bits per heavy atom. The molecule has 0 aliphatic heterocycles. The molecule has 0 aliphatic carbocycles. The van der Waals surface area contributed by atoms with Gasteiger partial charge in [0.1, 0.15) is 0 Å². The number of nitrogens with one attached hydrogen (secondary N) is 1. The quantitative estimate of drug-likeness (QED) is 0.734. The van der Waals surface area contributed by atoms with Crippen LogP contribution in [0.3, 0.4) is 0 Å². The Balaban J connectivity index is 2.82. The molecule has 1 rings (SSSR count). The molecule has 0 saturated carbocycles. The molecule has 88 valence electrons. The van der Waals surface area contributed by atoms with Crippen LogP contribution < -0.4 is 5.32 Å². The second kappa shape index (κ2) is 6.95. The fraction of sp³-hybridized carbons (Fsp3) is 0.385. The van der Waals surface area contributed by atoms with Crippen molar-refractivity contribution < 1.29 is 0 Å². The van der Waals surface area contributed by atoms with Gasteiger partial charge in [-0.3, -0.25) is 0 Å². The van der Waals surface area contributed by atoms with Gasteiger partial charge in [-0.05, 0) is 37.1 Å². The van der Waals surface area contributed by atoms with Gasteiger partial charge < -0.3 is 5.32 Å². The lowest BCUT2D eigenvalue weighted by Crippen LogP contribution is -2.20. The first kappa shape index (κ1) is 13.6. The van der Waals surface area contributed by atoms with E-state index in [-0.39, 0.29) is 0 Å². The van der Waals surface area contributed by atoms with E-state index in [0.717, 1.165) is 19.4 Å². The first-order chi connectivity index (χ1) is 7.69. The normalized spacial score (nSPS) is 12.4. The molecule has 16 heavy (non-hydrogen) atoms. The van der Waals surface area contributed by atoms with Gasteiger partial charge in [0.05, 0.1) is 10.0 Å². The van der Waals surface area contributed by atoms with Gasteiger partial charge in [0.25, 0.3) is 0 Å². The number of hydrogen-bond donors (Lipinski definition) is 1. The Kier molecular flexibility index (Phi) is 5.89. The molecular weight excluding hydrogens is 241 g/mol. The molecule has 1 nitrogen and oxygen atoms in total. The Hall–Kier alpha value is -0.500. The highest BCUT2D eigenvalue weighted by Crippen LogP contribution is 2.27. The smallest absolute Gasteiger partial charge is 0.0595 e. The summed E-state index contributed by atoms with van der Waals surface area (Å²) in [5.41, 5.74) is 1.18. The summed E-state index contributed by atoms with van der Waals surface area (Å²) >= 11 is 11.9. The minimum absolute atomic E-state index is 0.317. The van der Waals surface area contributed by atoms with E-state index in [4.69, 9.17) is 23.2 Å². The van der Waals surface area contributed by atoms with Gasteiger partial charge in [-0.25, -0.2) is 0 Å². The van der Waals surface area contributed by atoms with Crippen molar-refractivity contribution in [3.63, 3.8) is 0 Å². The molecular formula is C13H17Cl2N. The highest BCUT2D eigenvalue weighted by Gasteiger charge is 2.10. The van der Waals surface area contributed by atoms with Crippen LogP contribution >= 0.6 is 23.2 Å². The molecule has 1 aromatic carbocycles. The second-order valence-electron chi connectivity index (χ2n) is 3.65. The van der Waals surface area contributed by atoms with E-state index in [9.17, 15) is 0 Å². The number of rotatable bonds is 6. The molecule has 0 fully saturated rings. The Morgan fingerprint density at radius 1 is 1.38 bits per heavy atom. The number of allylic oxidation sites excluding steroid dienone is 1. The summed E-state index contributed by atoms with van der Waals surface area (Å²) in [4.78, 5) is 0. The second-order valence-corrected chi connectivity index (χ2v) is 4.46. The fourth-order valence-corrected chi connectivity index (χ4v) is 1.95. The lowest BCUT2D eigenvalue weighted by Gasteiger charge is -2.18. The largest absolute Gasteiger partial charge is 0.310 e. The average molecular weight is 258 g/mol. The van der Waals surface area contributed by atoms with Crippen molar-refractivity contribution in [3.05, 3.63) is 46.5 Å². The molecule has 0 heterocycles. The summed E-state index contributed by atoms with van der Waals surface area (Å²) in [7, 11) is 0. The van der Waals surface area contributed by atoms with Gasteiger partial charge in [-0.1, -0.05) is 42.3 Å². The maximum absolute atomic E-state index is 6.01. The summed E-state index contributed by atoms with van der Waals surface area (Å²) in [6.07, 6.45) is 3.94. The molecule has 1 N–H and O–H groups in total. The fourth-order valence-electron chi connectivity index (χ4n) is 1.65. The van der Waals surface area contributed by atoms with Gasteiger partial charge >= 0.3 is 0 Å². The first-order valence-corrected chi connectivity index (χ1v) is 6.23. The highest BCUT2D eigenvalue weighted by atomic mass is 35.5. The summed E-state index contributed by atoms with van der Waals surface area (Å²) < 4.78 is 0. The van der Waals surface area contributed by atoms with Gasteiger partial charge in [0, 0.05) is 6.04 Å². The predicted octanol–water partition coefficient (Wildman–Crippen LogP) is 4.61. The summed E-state index contributed by atoms with van der Waals surface area (Å²) in [5.74, 6) is 0. The van der Waals surface area contributed by atoms with Crippen molar-refractivity contribution in [2.75, 3.05) is 6.54 Å². The van der Waals surface area contributed by atoms with Gasteiger partial charge in [-0.15, -0.1) is 6.58 Å². The summed E-state index contributed by atoms with van der Waals surface area (Å²) in [5, 5.41) is 4.64. The first-order valence-electron chi connectivity index (χ1n) is 5.48. The maximum Gasteiger partial charge on any atom is 0.0595 e. The van der Waals surface area contributed by atoms with Crippen molar-refractivity contribution in [1.82, 2.24) is 5.32 Å². The van der Waals surface area contributed by atoms with E-state index in [1.807, 2.05) is 24.3 Å². The van der Waals surface area contributed by atoms with Crippen LogP contribution in [-0.2, 0) is 0 Å². The number of benzene rings is 1. The van der Waals surface area contributed by atoms with Crippen LogP contribution in [0.2, 0.25) is 10.0 Å². The molecule has 0 saturated heterocycles. The minimum atomic E-state index is 0.317. The molecule has 1 aromatic rings. The van der Waals surface area contributed by atoms with Crippen molar-refractivity contribution in [3.8, 4) is 0 Å². The highest BCUT2D eigenvalue weighted by molar-refractivity contribution is 6.42. The monoisotopic (exact) mass is 257 g/mol. The number of hydrogen-bond acceptors (Lipinski definition) is 1. The van der Waals surface area contributed by atoms with Crippen LogP contribution in [0, 0.1) is 0 Å². The van der Waals surface area contributed by atoms with Gasteiger partial charge in [0.15, 0.2) is 0 Å². The molecule has 0 aromatic heterocycles. The zero-order chi connectivity index (χ0) is 12.0. The molecule has 0 spiro atoms. The standard InChI is InChI=1S/C13H17Cl2N/c1-3-5-6-13(16-4-2)10-7-8-11(14)12(15)9-10/h3,7-9,13,16H,1,4-6H2,2H3. The lowest BCUT2D eigenvalue weighted by molar-refractivity contribution is 0.520. The van der Waals surface area contributed by atoms with Gasteiger partial charge in [-0.2, -0.15) is 0 Å². The van der Waals surface area contributed by atoms with E-state index >= 15 is 0 Å². The van der Waals surface area contributed by atoms with Crippen LogP contribution in [0.1, 0.15) is 31.4 Å². The van der Waals surface area contributed by atoms with Crippen molar-refractivity contribution in [2.24, 2.45) is 0 Å². The number of halogens is 2. The Morgan fingerprint density at radius 3 is 2.69 bits per heavy atom. The molecule has 1 atom stereocenters. The maximum atomic E-state index is 6.01. The summed E-state index contributed by atoms with van der Waals surface area (Å²) in [6.45, 7) is 6.77. The third-order valence-electron chi connectivity index (χ3n) is 2.46. The zero-order valence-electron chi connectivity index (χ0n) is 9.47. The molecule has 0 radical (unpaired) electrons. The summed E-state index contributed by atoms with van der Waals surface area (Å²) in [6, 6.07) is 6.11. The zero-order valence-corrected chi connectivity index (χ0v) is 11.0. The Labute approximate surface area is 107 Å². The van der Waals surface area contributed by atoms with Crippen LogP contribution in [0.4, 0.5) is 0 Å². The SMILES string of the molecule is C=CCCC(NCC)c1ccc(Cl)c(Cl)c1. The van der Waals surface area contributed by atoms with Crippen molar-refractivity contribution in [2.45, 2.75) is 25.8 Å².